The molecule has 0 saturated carbocycles. The predicted molar refractivity (Wildman–Crippen MR) is 77.7 cm³/mol. The number of hydrogen-bond donors (Lipinski definition) is 1. The van der Waals surface area contributed by atoms with Gasteiger partial charge in [0.25, 0.3) is 0 Å². The van der Waals surface area contributed by atoms with Crippen LogP contribution in [0.3, 0.4) is 0 Å². The summed E-state index contributed by atoms with van der Waals surface area (Å²) in [4.78, 5) is 2.50. The van der Waals surface area contributed by atoms with E-state index in [1.807, 2.05) is 6.07 Å². The summed E-state index contributed by atoms with van der Waals surface area (Å²) in [5.41, 5.74) is 7.76. The van der Waals surface area contributed by atoms with E-state index in [0.717, 1.165) is 38.3 Å². The molecule has 1 atom stereocenters. The van der Waals surface area contributed by atoms with Gasteiger partial charge in [-0.1, -0.05) is 30.9 Å². The molecule has 0 spiro atoms. The Kier molecular flexibility index (Phi) is 5.41. The fraction of sp³-hybridized carbons (Fsp3) is 0.500. The first-order valence-corrected chi connectivity index (χ1v) is 6.93. The summed E-state index contributed by atoms with van der Waals surface area (Å²) < 4.78 is 5.54. The van der Waals surface area contributed by atoms with E-state index < -0.39 is 0 Å². The number of benzene rings is 1. The number of nitrogens with two attached hydrogens (primary N) is 1. The molecular formula is C16H22N2O. The van der Waals surface area contributed by atoms with Crippen LogP contribution in [0.2, 0.25) is 0 Å². The summed E-state index contributed by atoms with van der Waals surface area (Å²) in [6.45, 7) is 6.30. The van der Waals surface area contributed by atoms with E-state index in [0.29, 0.717) is 12.6 Å². The minimum Gasteiger partial charge on any atom is -0.378 e. The maximum atomic E-state index is 5.54. The van der Waals surface area contributed by atoms with E-state index in [2.05, 4.69) is 41.9 Å². The second kappa shape index (κ2) is 7.30. The number of nitrogens with zero attached hydrogens (tertiary/aromatic N) is 1. The van der Waals surface area contributed by atoms with Crippen LogP contribution in [-0.2, 0) is 11.3 Å². The Balaban J connectivity index is 2.05. The van der Waals surface area contributed by atoms with Crippen LogP contribution in [0.4, 0.5) is 0 Å². The van der Waals surface area contributed by atoms with Gasteiger partial charge in [-0.3, -0.25) is 4.90 Å². The third-order valence-corrected chi connectivity index (χ3v) is 3.47. The number of morpholine rings is 1. The van der Waals surface area contributed by atoms with Gasteiger partial charge in [-0.2, -0.15) is 0 Å². The molecule has 0 amide bonds. The molecule has 0 aromatic heterocycles. The Morgan fingerprint density at radius 1 is 1.47 bits per heavy atom. The van der Waals surface area contributed by atoms with Crippen molar-refractivity contribution in [1.82, 2.24) is 4.90 Å². The van der Waals surface area contributed by atoms with Crippen LogP contribution < -0.4 is 5.73 Å². The summed E-state index contributed by atoms with van der Waals surface area (Å²) in [7, 11) is 0. The Hall–Kier alpha value is -1.34. The fourth-order valence-electron chi connectivity index (χ4n) is 2.41. The lowest BCUT2D eigenvalue weighted by Crippen LogP contribution is -2.44. The van der Waals surface area contributed by atoms with Crippen LogP contribution in [0.5, 0.6) is 0 Å². The number of rotatable bonds is 3. The highest BCUT2D eigenvalue weighted by Gasteiger charge is 2.21. The van der Waals surface area contributed by atoms with Crippen LogP contribution in [0.1, 0.15) is 24.5 Å². The predicted octanol–water partition coefficient (Wildman–Crippen LogP) is 1.61. The average Bonchev–Trinajstić information content (AvgIpc) is 2.46. The van der Waals surface area contributed by atoms with Crippen LogP contribution in [0.25, 0.3) is 0 Å². The summed E-state index contributed by atoms with van der Waals surface area (Å²) in [5, 5.41) is 0. The molecule has 102 valence electrons. The molecule has 0 aliphatic carbocycles. The Morgan fingerprint density at radius 3 is 3.16 bits per heavy atom. The average molecular weight is 258 g/mol. The number of ether oxygens (including phenoxy) is 1. The SMILES string of the molecule is CCC1COCCN1Cc1cccc(C#CCN)c1. The minimum atomic E-state index is 0.408. The third kappa shape index (κ3) is 4.07. The van der Waals surface area contributed by atoms with E-state index in [4.69, 9.17) is 10.5 Å². The highest BCUT2D eigenvalue weighted by atomic mass is 16.5. The largest absolute Gasteiger partial charge is 0.378 e. The van der Waals surface area contributed by atoms with Gasteiger partial charge in [-0.05, 0) is 24.1 Å². The Bertz CT molecular complexity index is 461. The Morgan fingerprint density at radius 2 is 2.37 bits per heavy atom. The molecule has 1 heterocycles. The maximum absolute atomic E-state index is 5.54. The van der Waals surface area contributed by atoms with Gasteiger partial charge in [0.15, 0.2) is 0 Å². The first-order chi connectivity index (χ1) is 9.33. The molecule has 0 bridgehead atoms. The van der Waals surface area contributed by atoms with Crippen LogP contribution >= 0.6 is 0 Å². The van der Waals surface area contributed by atoms with Crippen molar-refractivity contribution in [3.63, 3.8) is 0 Å². The molecule has 2 rings (SSSR count). The van der Waals surface area contributed by atoms with Crippen molar-refractivity contribution in [2.75, 3.05) is 26.3 Å². The van der Waals surface area contributed by atoms with Crippen molar-refractivity contribution in [2.24, 2.45) is 5.73 Å². The number of hydrogen-bond acceptors (Lipinski definition) is 3. The van der Waals surface area contributed by atoms with Crippen molar-refractivity contribution < 1.29 is 4.74 Å². The molecule has 1 aromatic carbocycles. The molecule has 1 aromatic rings. The first kappa shape index (κ1) is 14.1. The molecule has 1 aliphatic rings. The van der Waals surface area contributed by atoms with Gasteiger partial charge in [-0.15, -0.1) is 0 Å². The zero-order chi connectivity index (χ0) is 13.5. The van der Waals surface area contributed by atoms with Gasteiger partial charge in [-0.25, -0.2) is 0 Å². The molecule has 3 heteroatoms. The summed E-state index contributed by atoms with van der Waals surface area (Å²) in [6.07, 6.45) is 1.13. The maximum Gasteiger partial charge on any atom is 0.0622 e. The first-order valence-electron chi connectivity index (χ1n) is 6.93. The standard InChI is InChI=1S/C16H22N2O/c1-2-16-13-19-10-9-18(16)12-15-6-3-5-14(11-15)7-4-8-17/h3,5-6,11,16H,2,8-10,12-13,17H2,1H3. The molecule has 2 N–H and O–H groups in total. The summed E-state index contributed by atoms with van der Waals surface area (Å²) in [6, 6.07) is 8.95. The van der Waals surface area contributed by atoms with Gasteiger partial charge in [0, 0.05) is 24.7 Å². The molecule has 19 heavy (non-hydrogen) atoms. The minimum absolute atomic E-state index is 0.408. The molecular weight excluding hydrogens is 236 g/mol. The van der Waals surface area contributed by atoms with E-state index in [1.54, 1.807) is 0 Å². The fourth-order valence-corrected chi connectivity index (χ4v) is 2.41. The van der Waals surface area contributed by atoms with Crippen LogP contribution in [0, 0.1) is 11.8 Å². The molecule has 3 nitrogen and oxygen atoms in total. The lowest BCUT2D eigenvalue weighted by molar-refractivity contribution is -0.0127. The van der Waals surface area contributed by atoms with Crippen molar-refractivity contribution >= 4 is 0 Å². The zero-order valence-corrected chi connectivity index (χ0v) is 11.6. The van der Waals surface area contributed by atoms with Crippen molar-refractivity contribution in [3.8, 4) is 11.8 Å². The van der Waals surface area contributed by atoms with Crippen molar-refractivity contribution in [3.05, 3.63) is 35.4 Å². The van der Waals surface area contributed by atoms with Crippen LogP contribution in [0.15, 0.2) is 24.3 Å². The van der Waals surface area contributed by atoms with Gasteiger partial charge >= 0.3 is 0 Å². The highest BCUT2D eigenvalue weighted by molar-refractivity contribution is 5.37. The molecule has 0 radical (unpaired) electrons. The second-order valence-electron chi connectivity index (χ2n) is 4.81. The monoisotopic (exact) mass is 258 g/mol. The van der Waals surface area contributed by atoms with Crippen molar-refractivity contribution in [1.29, 1.82) is 0 Å². The lowest BCUT2D eigenvalue weighted by atomic mass is 10.1. The molecule has 1 aliphatic heterocycles. The topological polar surface area (TPSA) is 38.5 Å². The van der Waals surface area contributed by atoms with Gasteiger partial charge in [0.1, 0.15) is 0 Å². The van der Waals surface area contributed by atoms with Gasteiger partial charge in [0.2, 0.25) is 0 Å². The molecule has 1 fully saturated rings. The zero-order valence-electron chi connectivity index (χ0n) is 11.6. The van der Waals surface area contributed by atoms with Gasteiger partial charge < -0.3 is 10.5 Å². The smallest absolute Gasteiger partial charge is 0.0622 e. The van der Waals surface area contributed by atoms with E-state index in [-0.39, 0.29) is 0 Å². The quantitative estimate of drug-likeness (QED) is 0.837. The molecule has 1 unspecified atom stereocenters. The summed E-state index contributed by atoms with van der Waals surface area (Å²) in [5.74, 6) is 5.99. The highest BCUT2D eigenvalue weighted by Crippen LogP contribution is 2.15. The third-order valence-electron chi connectivity index (χ3n) is 3.47. The van der Waals surface area contributed by atoms with E-state index in [1.165, 1.54) is 5.56 Å². The summed E-state index contributed by atoms with van der Waals surface area (Å²) >= 11 is 0. The van der Waals surface area contributed by atoms with Crippen molar-refractivity contribution in [2.45, 2.75) is 25.9 Å². The molecule has 1 saturated heterocycles. The lowest BCUT2D eigenvalue weighted by Gasteiger charge is -2.35. The second-order valence-corrected chi connectivity index (χ2v) is 4.81. The normalized spacial score (nSPS) is 19.8. The van der Waals surface area contributed by atoms with Crippen LogP contribution in [-0.4, -0.2) is 37.2 Å². The van der Waals surface area contributed by atoms with E-state index in [9.17, 15) is 0 Å². The Labute approximate surface area is 115 Å². The van der Waals surface area contributed by atoms with E-state index >= 15 is 0 Å². The van der Waals surface area contributed by atoms with Gasteiger partial charge in [0.05, 0.1) is 19.8 Å².